The van der Waals surface area contributed by atoms with Gasteiger partial charge in [0.25, 0.3) is 0 Å². The molecule has 0 unspecified atom stereocenters. The Labute approximate surface area is 254 Å². The maximum absolute atomic E-state index is 15.4. The number of aromatic nitrogens is 2. The second-order valence-corrected chi connectivity index (χ2v) is 11.4. The zero-order chi connectivity index (χ0) is 30.7. The van der Waals surface area contributed by atoms with Crippen LogP contribution < -0.4 is 15.3 Å². The molecule has 4 heterocycles. The number of piperazine rings is 1. The molecule has 44 heavy (non-hydrogen) atoms. The summed E-state index contributed by atoms with van der Waals surface area (Å²) in [5.41, 5.74) is 0.623. The van der Waals surface area contributed by atoms with Crippen molar-refractivity contribution in [2.24, 2.45) is 0 Å². The van der Waals surface area contributed by atoms with Crippen LogP contribution in [0.2, 0.25) is 0 Å². The number of aliphatic hydroxyl groups is 1. The smallest absolute Gasteiger partial charge is 0.395 e. The number of nitrogens with zero attached hydrogens (tertiary/aromatic N) is 6. The number of halogens is 4. The molecule has 1 atom stereocenters. The first-order chi connectivity index (χ1) is 21.3. The molecule has 2 aromatic carbocycles. The minimum atomic E-state index is -4.70. The number of β-amino-alcohol motifs (C(OH)–C–C–N with tert-alkyl or cyclic N) is 1. The van der Waals surface area contributed by atoms with Gasteiger partial charge < -0.3 is 15.3 Å². The molecule has 3 aliphatic heterocycles. The molecule has 236 valence electrons. The highest BCUT2D eigenvalue weighted by molar-refractivity contribution is 5.62. The van der Waals surface area contributed by atoms with Crippen LogP contribution in [0.3, 0.4) is 0 Å². The van der Waals surface area contributed by atoms with Gasteiger partial charge in [0.05, 0.1) is 24.9 Å². The fourth-order valence-corrected chi connectivity index (χ4v) is 6.39. The number of anilines is 4. The average molecular weight is 616 g/mol. The lowest BCUT2D eigenvalue weighted by molar-refractivity contribution is -0.138. The maximum atomic E-state index is 15.4. The Morgan fingerprint density at radius 2 is 1.70 bits per heavy atom. The second-order valence-electron chi connectivity index (χ2n) is 11.4. The molecule has 2 N–H and O–H groups in total. The van der Waals surface area contributed by atoms with E-state index < -0.39 is 29.4 Å². The van der Waals surface area contributed by atoms with Crippen LogP contribution in [0.25, 0.3) is 0 Å². The van der Waals surface area contributed by atoms with Crippen molar-refractivity contribution < 1.29 is 27.5 Å². The first-order valence-corrected chi connectivity index (χ1v) is 15.1. The Balaban J connectivity index is 1.13. The molecule has 0 bridgehead atoms. The number of benzene rings is 2. The Kier molecular flexibility index (Phi) is 9.17. The van der Waals surface area contributed by atoms with Gasteiger partial charge in [-0.25, -0.2) is 14.4 Å². The van der Waals surface area contributed by atoms with Crippen molar-refractivity contribution in [3.8, 4) is 0 Å². The van der Waals surface area contributed by atoms with Crippen LogP contribution in [0.4, 0.5) is 40.7 Å². The maximum Gasteiger partial charge on any atom is 0.421 e. The number of rotatable bonds is 8. The van der Waals surface area contributed by atoms with Crippen molar-refractivity contribution >= 4 is 23.1 Å². The molecule has 3 aromatic rings. The predicted molar refractivity (Wildman–Crippen MR) is 159 cm³/mol. The molecule has 3 saturated heterocycles. The Hall–Kier alpha value is -3.52. The van der Waals surface area contributed by atoms with Gasteiger partial charge in [-0.15, -0.1) is 0 Å². The van der Waals surface area contributed by atoms with E-state index in [1.807, 2.05) is 35.2 Å². The third kappa shape index (κ3) is 6.75. The minimum Gasteiger partial charge on any atom is -0.395 e. The van der Waals surface area contributed by atoms with Crippen LogP contribution in [0, 0.1) is 5.82 Å². The molecule has 0 spiro atoms. The van der Waals surface area contributed by atoms with Gasteiger partial charge in [0, 0.05) is 70.2 Å². The quantitative estimate of drug-likeness (QED) is 0.346. The van der Waals surface area contributed by atoms with Gasteiger partial charge in [-0.1, -0.05) is 30.3 Å². The summed E-state index contributed by atoms with van der Waals surface area (Å²) in [5.74, 6) is -0.913. The molecule has 0 saturated carbocycles. The van der Waals surface area contributed by atoms with Crippen molar-refractivity contribution in [2.45, 2.75) is 37.5 Å². The molecular weight excluding hydrogens is 578 g/mol. The van der Waals surface area contributed by atoms with E-state index in [4.69, 9.17) is 4.84 Å². The largest absolute Gasteiger partial charge is 0.421 e. The summed E-state index contributed by atoms with van der Waals surface area (Å²) in [4.78, 5) is 20.6. The molecule has 9 nitrogen and oxygen atoms in total. The highest BCUT2D eigenvalue weighted by Gasteiger charge is 2.40. The molecule has 6 rings (SSSR count). The average Bonchev–Trinajstić information content (AvgIpc) is 3.52. The molecule has 1 aromatic heterocycles. The minimum absolute atomic E-state index is 0.0950. The highest BCUT2D eigenvalue weighted by Crippen LogP contribution is 2.41. The van der Waals surface area contributed by atoms with Gasteiger partial charge in [-0.05, 0) is 36.6 Å². The van der Waals surface area contributed by atoms with E-state index in [-0.39, 0.29) is 19.2 Å². The summed E-state index contributed by atoms with van der Waals surface area (Å²) in [6.07, 6.45) is -1.60. The predicted octanol–water partition coefficient (Wildman–Crippen LogP) is 4.84. The van der Waals surface area contributed by atoms with Crippen LogP contribution in [0.15, 0.2) is 54.7 Å². The van der Waals surface area contributed by atoms with Crippen LogP contribution in [0.5, 0.6) is 0 Å². The summed E-state index contributed by atoms with van der Waals surface area (Å²) in [6.45, 7) is 6.45. The van der Waals surface area contributed by atoms with E-state index in [1.54, 1.807) is 12.1 Å². The summed E-state index contributed by atoms with van der Waals surface area (Å²) < 4.78 is 57.3. The molecule has 3 fully saturated rings. The third-order valence-corrected chi connectivity index (χ3v) is 8.72. The molecular formula is C31H37F4N7O2. The van der Waals surface area contributed by atoms with Crippen molar-refractivity contribution in [1.29, 1.82) is 0 Å². The van der Waals surface area contributed by atoms with E-state index in [0.29, 0.717) is 30.4 Å². The first-order valence-electron chi connectivity index (χ1n) is 15.1. The van der Waals surface area contributed by atoms with E-state index in [2.05, 4.69) is 25.1 Å². The summed E-state index contributed by atoms with van der Waals surface area (Å²) in [6, 6.07) is 13.9. The van der Waals surface area contributed by atoms with Gasteiger partial charge in [0.15, 0.2) is 5.82 Å². The molecule has 0 radical (unpaired) electrons. The van der Waals surface area contributed by atoms with Crippen molar-refractivity contribution in [2.75, 3.05) is 74.3 Å². The van der Waals surface area contributed by atoms with E-state index in [9.17, 15) is 18.3 Å². The normalized spacial score (nSPS) is 20.8. The van der Waals surface area contributed by atoms with Crippen LogP contribution in [0.1, 0.15) is 36.4 Å². The summed E-state index contributed by atoms with van der Waals surface area (Å²) in [5, 5.41) is 13.3. The van der Waals surface area contributed by atoms with Gasteiger partial charge in [-0.2, -0.15) is 18.2 Å². The van der Waals surface area contributed by atoms with Gasteiger partial charge in [0.2, 0.25) is 5.95 Å². The summed E-state index contributed by atoms with van der Waals surface area (Å²) >= 11 is 0. The molecule has 0 aliphatic carbocycles. The number of piperidine rings is 1. The Morgan fingerprint density at radius 3 is 2.39 bits per heavy atom. The van der Waals surface area contributed by atoms with Gasteiger partial charge in [0.1, 0.15) is 11.4 Å². The van der Waals surface area contributed by atoms with Crippen molar-refractivity contribution in [1.82, 2.24) is 19.8 Å². The zero-order valence-corrected chi connectivity index (χ0v) is 24.4. The molecule has 3 aliphatic rings. The third-order valence-electron chi connectivity index (χ3n) is 8.72. The van der Waals surface area contributed by atoms with E-state index >= 15 is 4.39 Å². The lowest BCUT2D eigenvalue weighted by Crippen LogP contribution is -2.53. The lowest BCUT2D eigenvalue weighted by Gasteiger charge is -2.43. The first kappa shape index (κ1) is 30.5. The van der Waals surface area contributed by atoms with Crippen molar-refractivity contribution in [3.05, 3.63) is 71.7 Å². The van der Waals surface area contributed by atoms with Gasteiger partial charge in [-0.3, -0.25) is 14.6 Å². The van der Waals surface area contributed by atoms with Gasteiger partial charge >= 0.3 is 6.18 Å². The van der Waals surface area contributed by atoms with Crippen LogP contribution in [-0.2, 0) is 11.0 Å². The number of alkyl halides is 3. The summed E-state index contributed by atoms with van der Waals surface area (Å²) in [7, 11) is 0. The zero-order valence-electron chi connectivity index (χ0n) is 24.4. The molecule has 0 amide bonds. The topological polar surface area (TPSA) is 80.2 Å². The fraction of sp³-hybridized carbons (Fsp3) is 0.484. The molecule has 13 heteroatoms. The number of hydrogen-bond donors (Lipinski definition) is 2. The lowest BCUT2D eigenvalue weighted by atomic mass is 10.0. The van der Waals surface area contributed by atoms with E-state index in [0.717, 1.165) is 63.9 Å². The Morgan fingerprint density at radius 1 is 0.955 bits per heavy atom. The van der Waals surface area contributed by atoms with Crippen LogP contribution >= 0.6 is 0 Å². The highest BCUT2D eigenvalue weighted by atomic mass is 19.4. The number of aliphatic hydroxyl groups excluding tert-OH is 1. The second kappa shape index (κ2) is 13.2. The standard InChI is InChI=1S/C31H37F4N7O2/c32-26-20-23(6-7-28(26)41-11-8-24(9-12-41)40-15-13-39(14-16-40)17-18-43)37-30-36-21-25(31(33,34)35)29(38-30)42-27(10-19-44-42)22-4-2-1-3-5-22/h1-7,20-21,24,27,43H,8-19H2,(H,36,37,38)/t27-/m0/s1. The van der Waals surface area contributed by atoms with Crippen molar-refractivity contribution in [3.63, 3.8) is 0 Å². The number of hydrogen-bond acceptors (Lipinski definition) is 9. The fourth-order valence-electron chi connectivity index (χ4n) is 6.39. The monoisotopic (exact) mass is 615 g/mol. The SMILES string of the molecule is OCCN1CCN(C2CCN(c3ccc(Nc4ncc(C(F)(F)F)c(N5OCC[C@H]5c5ccccc5)n4)cc3F)CC2)CC1. The van der Waals surface area contributed by atoms with Crippen LogP contribution in [-0.4, -0.2) is 89.9 Å². The van der Waals surface area contributed by atoms with E-state index in [1.165, 1.54) is 11.1 Å². The number of hydroxylamine groups is 1. The Bertz CT molecular complexity index is 1400. The number of nitrogens with one attached hydrogen (secondary N) is 1.